The Morgan fingerprint density at radius 2 is 1.93 bits per heavy atom. The van der Waals surface area contributed by atoms with Crippen LogP contribution < -0.4 is 5.32 Å². The smallest absolute Gasteiger partial charge is 0.239 e. The molecule has 8 nitrogen and oxygen atoms in total. The quantitative estimate of drug-likeness (QED) is 0.726. The van der Waals surface area contributed by atoms with Gasteiger partial charge in [0, 0.05) is 62.6 Å². The van der Waals surface area contributed by atoms with Crippen LogP contribution in [0.5, 0.6) is 0 Å². The van der Waals surface area contributed by atoms with Crippen LogP contribution in [0, 0.1) is 0 Å². The molecule has 1 N–H and O–H groups in total. The number of aryl methyl sites for hydroxylation is 1. The van der Waals surface area contributed by atoms with E-state index in [1.165, 1.54) is 0 Å². The highest BCUT2D eigenvalue weighted by molar-refractivity contribution is 5.93. The molecule has 4 heterocycles. The number of fused-ring (bicyclic) bond motifs is 1. The number of aromatic nitrogens is 4. The van der Waals surface area contributed by atoms with Gasteiger partial charge in [0.25, 0.3) is 0 Å². The number of piperazine rings is 1. The number of hydrogen-bond donors (Lipinski definition) is 1. The third kappa shape index (κ3) is 4.18. The molecule has 0 saturated carbocycles. The highest BCUT2D eigenvalue weighted by Gasteiger charge is 2.18. The number of rotatable bonds is 5. The maximum Gasteiger partial charge on any atom is 0.239 e. The molecule has 0 atom stereocenters. The van der Waals surface area contributed by atoms with Gasteiger partial charge in [-0.1, -0.05) is 6.92 Å². The van der Waals surface area contributed by atoms with Gasteiger partial charge in [-0.25, -0.2) is 9.97 Å². The summed E-state index contributed by atoms with van der Waals surface area (Å²) in [7, 11) is 1.88. The van der Waals surface area contributed by atoms with E-state index in [1.807, 2.05) is 31.4 Å². The van der Waals surface area contributed by atoms with E-state index in [9.17, 15) is 4.79 Å². The van der Waals surface area contributed by atoms with Crippen LogP contribution in [0.3, 0.4) is 0 Å². The lowest BCUT2D eigenvalue weighted by Crippen LogP contribution is -2.48. The molecule has 146 valence electrons. The van der Waals surface area contributed by atoms with Crippen molar-refractivity contribution in [1.29, 1.82) is 0 Å². The number of nitrogens with one attached hydrogen (secondary N) is 1. The summed E-state index contributed by atoms with van der Waals surface area (Å²) in [4.78, 5) is 26.1. The molecule has 1 amide bonds. The second kappa shape index (κ2) is 8.04. The Balaban J connectivity index is 1.44. The topological polar surface area (TPSA) is 79.2 Å². The van der Waals surface area contributed by atoms with Crippen molar-refractivity contribution in [2.24, 2.45) is 7.05 Å². The van der Waals surface area contributed by atoms with E-state index in [1.54, 1.807) is 17.1 Å². The average molecular weight is 379 g/mol. The number of carbonyl (C=O) groups is 1. The summed E-state index contributed by atoms with van der Waals surface area (Å²) in [5.41, 5.74) is 2.60. The number of likely N-dealkylation sites (N-methyl/N-ethyl adjacent to an activating group) is 1. The van der Waals surface area contributed by atoms with Crippen LogP contribution in [0.1, 0.15) is 6.92 Å². The van der Waals surface area contributed by atoms with Crippen LogP contribution in [0.15, 0.2) is 36.8 Å². The highest BCUT2D eigenvalue weighted by Crippen LogP contribution is 2.21. The van der Waals surface area contributed by atoms with E-state index in [-0.39, 0.29) is 5.91 Å². The summed E-state index contributed by atoms with van der Waals surface area (Å²) >= 11 is 0. The molecule has 8 heteroatoms. The van der Waals surface area contributed by atoms with Crippen molar-refractivity contribution in [3.63, 3.8) is 0 Å². The molecule has 1 aliphatic heterocycles. The molecule has 4 rings (SSSR count). The average Bonchev–Trinajstić information content (AvgIpc) is 3.14. The van der Waals surface area contributed by atoms with Gasteiger partial charge < -0.3 is 10.2 Å². The fraction of sp³-hybridized carbons (Fsp3) is 0.400. The molecule has 0 spiro atoms. The molecule has 0 bridgehead atoms. The van der Waals surface area contributed by atoms with Crippen LogP contribution in [-0.4, -0.2) is 74.7 Å². The number of hydrogen-bond acceptors (Lipinski definition) is 6. The van der Waals surface area contributed by atoms with Crippen molar-refractivity contribution < 1.29 is 4.79 Å². The summed E-state index contributed by atoms with van der Waals surface area (Å²) in [6.07, 6.45) is 5.46. The molecule has 0 aliphatic carbocycles. The standard InChI is InChI=1S/C20H25N7O/c1-3-26-6-8-27(9-7-26)14-20(28)24-19-10-18-15(11-21-19)4-5-17(23-18)16-12-22-25(2)13-16/h4-5,10-13H,3,6-9,14H2,1-2H3,(H,21,24,28). The normalized spacial score (nSPS) is 15.8. The second-order valence-electron chi connectivity index (χ2n) is 7.12. The molecule has 28 heavy (non-hydrogen) atoms. The van der Waals surface area contributed by atoms with Gasteiger partial charge in [0.15, 0.2) is 0 Å². The number of carbonyl (C=O) groups excluding carboxylic acids is 1. The zero-order valence-electron chi connectivity index (χ0n) is 16.3. The predicted octanol–water partition coefficient (Wildman–Crippen LogP) is 1.61. The van der Waals surface area contributed by atoms with Gasteiger partial charge in [-0.3, -0.25) is 14.4 Å². The van der Waals surface area contributed by atoms with Crippen molar-refractivity contribution in [3.05, 3.63) is 36.8 Å². The SMILES string of the molecule is CCN1CCN(CC(=O)Nc2cc3nc(-c4cnn(C)c4)ccc3cn2)CC1. The first-order valence-electron chi connectivity index (χ1n) is 9.61. The molecule has 1 fully saturated rings. The summed E-state index contributed by atoms with van der Waals surface area (Å²) in [5.74, 6) is 0.487. The zero-order valence-corrected chi connectivity index (χ0v) is 16.3. The monoisotopic (exact) mass is 379 g/mol. The molecule has 1 saturated heterocycles. The van der Waals surface area contributed by atoms with Gasteiger partial charge >= 0.3 is 0 Å². The Morgan fingerprint density at radius 3 is 2.64 bits per heavy atom. The number of anilines is 1. The van der Waals surface area contributed by atoms with Gasteiger partial charge in [0.2, 0.25) is 5.91 Å². The fourth-order valence-electron chi connectivity index (χ4n) is 3.45. The molecular weight excluding hydrogens is 354 g/mol. The number of pyridine rings is 2. The minimum absolute atomic E-state index is 0.0415. The molecule has 0 unspecified atom stereocenters. The first-order valence-corrected chi connectivity index (χ1v) is 9.61. The first-order chi connectivity index (χ1) is 13.6. The van der Waals surface area contributed by atoms with Crippen LogP contribution in [-0.2, 0) is 11.8 Å². The van der Waals surface area contributed by atoms with Crippen molar-refractivity contribution in [2.45, 2.75) is 6.92 Å². The van der Waals surface area contributed by atoms with E-state index in [2.05, 4.69) is 32.1 Å². The summed E-state index contributed by atoms with van der Waals surface area (Å²) in [5, 5.41) is 8.04. The third-order valence-corrected chi connectivity index (χ3v) is 5.12. The molecule has 1 aliphatic rings. The lowest BCUT2D eigenvalue weighted by Gasteiger charge is -2.33. The molecule has 0 aromatic carbocycles. The van der Waals surface area contributed by atoms with Crippen molar-refractivity contribution in [1.82, 2.24) is 29.5 Å². The highest BCUT2D eigenvalue weighted by atomic mass is 16.2. The van der Waals surface area contributed by atoms with Crippen LogP contribution in [0.2, 0.25) is 0 Å². The number of amides is 1. The maximum atomic E-state index is 12.4. The Bertz CT molecular complexity index is 976. The Labute approximate surface area is 164 Å². The van der Waals surface area contributed by atoms with Gasteiger partial charge in [-0.15, -0.1) is 0 Å². The van der Waals surface area contributed by atoms with Crippen LogP contribution in [0.25, 0.3) is 22.2 Å². The maximum absolute atomic E-state index is 12.4. The van der Waals surface area contributed by atoms with Crippen LogP contribution in [0.4, 0.5) is 5.82 Å². The van der Waals surface area contributed by atoms with Crippen LogP contribution >= 0.6 is 0 Å². The van der Waals surface area contributed by atoms with Crippen molar-refractivity contribution in [3.8, 4) is 11.3 Å². The lowest BCUT2D eigenvalue weighted by molar-refractivity contribution is -0.117. The van der Waals surface area contributed by atoms with E-state index in [0.717, 1.165) is 54.9 Å². The minimum Gasteiger partial charge on any atom is -0.310 e. The lowest BCUT2D eigenvalue weighted by atomic mass is 10.2. The summed E-state index contributed by atoms with van der Waals surface area (Å²) in [6, 6.07) is 5.76. The fourth-order valence-corrected chi connectivity index (χ4v) is 3.45. The van der Waals surface area contributed by atoms with E-state index in [4.69, 9.17) is 4.98 Å². The van der Waals surface area contributed by atoms with Gasteiger partial charge in [-0.2, -0.15) is 5.10 Å². The number of nitrogens with zero attached hydrogens (tertiary/aromatic N) is 6. The van der Waals surface area contributed by atoms with Crippen molar-refractivity contribution >= 4 is 22.6 Å². The third-order valence-electron chi connectivity index (χ3n) is 5.12. The predicted molar refractivity (Wildman–Crippen MR) is 109 cm³/mol. The van der Waals surface area contributed by atoms with E-state index < -0.39 is 0 Å². The molecule has 3 aromatic heterocycles. The van der Waals surface area contributed by atoms with Gasteiger partial charge in [0.05, 0.1) is 24.0 Å². The van der Waals surface area contributed by atoms with E-state index >= 15 is 0 Å². The Hall–Kier alpha value is -2.84. The second-order valence-corrected chi connectivity index (χ2v) is 7.12. The molecular formula is C20H25N7O. The van der Waals surface area contributed by atoms with Gasteiger partial charge in [0.1, 0.15) is 5.82 Å². The van der Waals surface area contributed by atoms with Gasteiger partial charge in [-0.05, 0) is 18.7 Å². The summed E-state index contributed by atoms with van der Waals surface area (Å²) < 4.78 is 1.75. The molecule has 3 aromatic rings. The minimum atomic E-state index is -0.0415. The largest absolute Gasteiger partial charge is 0.310 e. The Kier molecular flexibility index (Phi) is 5.31. The van der Waals surface area contributed by atoms with E-state index in [0.29, 0.717) is 12.4 Å². The Morgan fingerprint density at radius 1 is 1.14 bits per heavy atom. The van der Waals surface area contributed by atoms with Crippen molar-refractivity contribution in [2.75, 3.05) is 44.6 Å². The summed E-state index contributed by atoms with van der Waals surface area (Å²) in [6.45, 7) is 7.49. The zero-order chi connectivity index (χ0) is 19.5. The first kappa shape index (κ1) is 18.5. The molecule has 0 radical (unpaired) electrons.